The van der Waals surface area contributed by atoms with E-state index in [1.54, 1.807) is 0 Å². The first-order valence-electron chi connectivity index (χ1n) is 4.72. The lowest BCUT2D eigenvalue weighted by Crippen LogP contribution is -2.39. The summed E-state index contributed by atoms with van der Waals surface area (Å²) in [5.41, 5.74) is 0.193. The molecule has 1 unspecified atom stereocenters. The maximum Gasteiger partial charge on any atom is 0.0489 e. The van der Waals surface area contributed by atoms with Gasteiger partial charge in [0.1, 0.15) is 0 Å². The molecular weight excluding hydrogens is 136 g/mol. The molecule has 0 radical (unpaired) electrons. The van der Waals surface area contributed by atoms with E-state index >= 15 is 0 Å². The predicted molar refractivity (Wildman–Crippen MR) is 47.4 cm³/mol. The van der Waals surface area contributed by atoms with Crippen LogP contribution in [0.5, 0.6) is 0 Å². The van der Waals surface area contributed by atoms with Crippen molar-refractivity contribution < 1.29 is 5.11 Å². The summed E-state index contributed by atoms with van der Waals surface area (Å²) >= 11 is 0. The zero-order chi connectivity index (χ0) is 8.48. The lowest BCUT2D eigenvalue weighted by Gasteiger charge is -2.44. The van der Waals surface area contributed by atoms with Crippen LogP contribution in [0.25, 0.3) is 0 Å². The zero-order valence-corrected chi connectivity index (χ0v) is 7.93. The maximum atomic E-state index is 9.29. The van der Waals surface area contributed by atoms with Crippen LogP contribution in [0, 0.1) is 17.3 Å². The van der Waals surface area contributed by atoms with Crippen molar-refractivity contribution in [3.8, 4) is 0 Å². The van der Waals surface area contributed by atoms with Crippen molar-refractivity contribution in [2.45, 2.75) is 40.0 Å². The van der Waals surface area contributed by atoms with E-state index in [-0.39, 0.29) is 5.41 Å². The van der Waals surface area contributed by atoms with Crippen molar-refractivity contribution in [2.24, 2.45) is 17.3 Å². The van der Waals surface area contributed by atoms with Gasteiger partial charge in [-0.3, -0.25) is 0 Å². The quantitative estimate of drug-likeness (QED) is 0.665. The van der Waals surface area contributed by atoms with Crippen LogP contribution in [-0.4, -0.2) is 11.7 Å². The molecule has 0 bridgehead atoms. The highest BCUT2D eigenvalue weighted by Crippen LogP contribution is 2.45. The van der Waals surface area contributed by atoms with Gasteiger partial charge >= 0.3 is 0 Å². The van der Waals surface area contributed by atoms with Crippen molar-refractivity contribution in [1.82, 2.24) is 0 Å². The maximum absolute atomic E-state index is 9.29. The van der Waals surface area contributed by atoms with Crippen molar-refractivity contribution in [2.75, 3.05) is 6.61 Å². The van der Waals surface area contributed by atoms with Gasteiger partial charge in [0.15, 0.2) is 0 Å². The first-order chi connectivity index (χ1) is 5.11. The van der Waals surface area contributed by atoms with E-state index in [0.29, 0.717) is 12.5 Å². The highest BCUT2D eigenvalue weighted by atomic mass is 16.3. The van der Waals surface area contributed by atoms with Crippen LogP contribution in [0.4, 0.5) is 0 Å². The Morgan fingerprint density at radius 1 is 1.45 bits per heavy atom. The Morgan fingerprint density at radius 3 is 2.09 bits per heavy atom. The molecule has 1 fully saturated rings. The van der Waals surface area contributed by atoms with Crippen LogP contribution in [0.2, 0.25) is 0 Å². The third-order valence-corrected chi connectivity index (χ3v) is 3.70. The van der Waals surface area contributed by atoms with Gasteiger partial charge in [0, 0.05) is 6.61 Å². The number of hydrogen-bond acceptors (Lipinski definition) is 1. The number of aliphatic hydroxyl groups is 1. The predicted octanol–water partition coefficient (Wildman–Crippen LogP) is 2.44. The topological polar surface area (TPSA) is 20.2 Å². The van der Waals surface area contributed by atoms with Gasteiger partial charge in [-0.15, -0.1) is 0 Å². The molecule has 1 rings (SSSR count). The molecular formula is C10H20O. The fourth-order valence-corrected chi connectivity index (χ4v) is 1.85. The number of aliphatic hydroxyl groups excluding tert-OH is 1. The Hall–Kier alpha value is -0.0400. The van der Waals surface area contributed by atoms with Crippen LogP contribution < -0.4 is 0 Å². The normalized spacial score (nSPS) is 24.8. The second-order valence-corrected chi connectivity index (χ2v) is 4.45. The van der Waals surface area contributed by atoms with Gasteiger partial charge in [0.25, 0.3) is 0 Å². The molecule has 1 aliphatic carbocycles. The van der Waals surface area contributed by atoms with Crippen molar-refractivity contribution >= 4 is 0 Å². The first-order valence-corrected chi connectivity index (χ1v) is 4.72. The molecule has 1 aliphatic rings. The summed E-state index contributed by atoms with van der Waals surface area (Å²) in [5, 5.41) is 9.29. The number of rotatable bonds is 3. The van der Waals surface area contributed by atoms with Gasteiger partial charge in [-0.1, -0.05) is 27.2 Å². The van der Waals surface area contributed by atoms with Crippen molar-refractivity contribution in [3.05, 3.63) is 0 Å². The smallest absolute Gasteiger partial charge is 0.0489 e. The van der Waals surface area contributed by atoms with E-state index < -0.39 is 0 Å². The highest BCUT2D eigenvalue weighted by Gasteiger charge is 2.39. The standard InChI is InChI=1S/C10H20O/c1-8(2)10(3,7-11)9-5-4-6-9/h8-9,11H,4-7H2,1-3H3. The summed E-state index contributed by atoms with van der Waals surface area (Å²) in [4.78, 5) is 0. The van der Waals surface area contributed by atoms with Crippen molar-refractivity contribution in [1.29, 1.82) is 0 Å². The Balaban J connectivity index is 2.57. The van der Waals surface area contributed by atoms with Gasteiger partial charge in [-0.05, 0) is 30.1 Å². The molecule has 0 aliphatic heterocycles. The summed E-state index contributed by atoms with van der Waals surface area (Å²) in [5.74, 6) is 1.39. The van der Waals surface area contributed by atoms with Gasteiger partial charge in [0.05, 0.1) is 0 Å². The van der Waals surface area contributed by atoms with Crippen LogP contribution in [0.1, 0.15) is 40.0 Å². The van der Waals surface area contributed by atoms with Crippen LogP contribution >= 0.6 is 0 Å². The van der Waals surface area contributed by atoms with E-state index in [1.807, 2.05) is 0 Å². The first kappa shape index (κ1) is 9.05. The highest BCUT2D eigenvalue weighted by molar-refractivity contribution is 4.89. The summed E-state index contributed by atoms with van der Waals surface area (Å²) in [6, 6.07) is 0. The monoisotopic (exact) mass is 156 g/mol. The third-order valence-electron chi connectivity index (χ3n) is 3.70. The fourth-order valence-electron chi connectivity index (χ4n) is 1.85. The van der Waals surface area contributed by atoms with E-state index in [9.17, 15) is 5.11 Å². The second-order valence-electron chi connectivity index (χ2n) is 4.45. The van der Waals surface area contributed by atoms with Crippen LogP contribution in [0.15, 0.2) is 0 Å². The molecule has 0 saturated heterocycles. The molecule has 66 valence electrons. The molecule has 0 aromatic rings. The average Bonchev–Trinajstić information content (AvgIpc) is 1.83. The SMILES string of the molecule is CC(C)C(C)(CO)C1CCC1. The molecule has 0 amide bonds. The van der Waals surface area contributed by atoms with Gasteiger partial charge < -0.3 is 5.11 Å². The average molecular weight is 156 g/mol. The molecule has 1 N–H and O–H groups in total. The van der Waals surface area contributed by atoms with Gasteiger partial charge in [-0.25, -0.2) is 0 Å². The summed E-state index contributed by atoms with van der Waals surface area (Å²) < 4.78 is 0. The van der Waals surface area contributed by atoms with E-state index in [1.165, 1.54) is 19.3 Å². The number of hydrogen-bond donors (Lipinski definition) is 1. The minimum Gasteiger partial charge on any atom is -0.396 e. The minimum absolute atomic E-state index is 0.193. The molecule has 11 heavy (non-hydrogen) atoms. The van der Waals surface area contributed by atoms with Crippen LogP contribution in [-0.2, 0) is 0 Å². The molecule has 1 heteroatoms. The lowest BCUT2D eigenvalue weighted by molar-refractivity contribution is -0.00451. The molecule has 0 aromatic carbocycles. The largest absolute Gasteiger partial charge is 0.396 e. The lowest BCUT2D eigenvalue weighted by atomic mass is 9.61. The van der Waals surface area contributed by atoms with Gasteiger partial charge in [-0.2, -0.15) is 0 Å². The molecule has 0 heterocycles. The molecule has 0 spiro atoms. The minimum atomic E-state index is 0.193. The fraction of sp³-hybridized carbons (Fsp3) is 1.00. The van der Waals surface area contributed by atoms with E-state index in [4.69, 9.17) is 0 Å². The van der Waals surface area contributed by atoms with Crippen LogP contribution in [0.3, 0.4) is 0 Å². The summed E-state index contributed by atoms with van der Waals surface area (Å²) in [6.45, 7) is 7.01. The summed E-state index contributed by atoms with van der Waals surface area (Å²) in [6.07, 6.45) is 4.03. The Labute approximate surface area is 69.8 Å². The molecule has 1 nitrogen and oxygen atoms in total. The summed E-state index contributed by atoms with van der Waals surface area (Å²) in [7, 11) is 0. The molecule has 0 aromatic heterocycles. The van der Waals surface area contributed by atoms with E-state index in [2.05, 4.69) is 20.8 Å². The second kappa shape index (κ2) is 3.14. The molecule has 1 saturated carbocycles. The Kier molecular flexibility index (Phi) is 2.58. The Bertz CT molecular complexity index is 127. The third kappa shape index (κ3) is 1.44. The van der Waals surface area contributed by atoms with Crippen molar-refractivity contribution in [3.63, 3.8) is 0 Å². The van der Waals surface area contributed by atoms with E-state index in [0.717, 1.165) is 5.92 Å². The van der Waals surface area contributed by atoms with Gasteiger partial charge in [0.2, 0.25) is 0 Å². The Morgan fingerprint density at radius 2 is 2.00 bits per heavy atom. The molecule has 1 atom stereocenters. The zero-order valence-electron chi connectivity index (χ0n) is 7.93.